The van der Waals surface area contributed by atoms with Crippen LogP contribution in [0.3, 0.4) is 0 Å². The summed E-state index contributed by atoms with van der Waals surface area (Å²) in [5.74, 6) is 3.03. The second kappa shape index (κ2) is 5.69. The van der Waals surface area contributed by atoms with Gasteiger partial charge >= 0.3 is 0 Å². The summed E-state index contributed by atoms with van der Waals surface area (Å²) in [4.78, 5) is 15.9. The Hall–Kier alpha value is -1.43. The lowest BCUT2D eigenvalue weighted by atomic mass is 10.4. The highest BCUT2D eigenvalue weighted by Crippen LogP contribution is 2.38. The van der Waals surface area contributed by atoms with Crippen LogP contribution in [0, 0.1) is 0 Å². The fraction of sp³-hybridized carbons (Fsp3) is 0.769. The predicted molar refractivity (Wildman–Crippen MR) is 73.6 cm³/mol. The van der Waals surface area contributed by atoms with Gasteiger partial charge in [0.2, 0.25) is 11.9 Å². The molecule has 3 rings (SSSR count). The monoisotopic (exact) mass is 263 g/mol. The van der Waals surface area contributed by atoms with Crippen molar-refractivity contribution in [3.05, 3.63) is 5.82 Å². The van der Waals surface area contributed by atoms with E-state index < -0.39 is 0 Å². The zero-order chi connectivity index (χ0) is 13.1. The summed E-state index contributed by atoms with van der Waals surface area (Å²) in [5, 5.41) is 3.28. The summed E-state index contributed by atoms with van der Waals surface area (Å²) >= 11 is 0. The van der Waals surface area contributed by atoms with Crippen LogP contribution in [0.15, 0.2) is 0 Å². The second-order valence-corrected chi connectivity index (χ2v) is 5.12. The number of nitrogens with one attached hydrogen (secondary N) is 1. The molecule has 1 saturated heterocycles. The number of nitrogens with zero attached hydrogens (tertiary/aromatic N) is 4. The highest BCUT2D eigenvalue weighted by Gasteiger charge is 2.28. The van der Waals surface area contributed by atoms with E-state index in [1.807, 2.05) is 0 Å². The van der Waals surface area contributed by atoms with Gasteiger partial charge in [0.1, 0.15) is 5.82 Å². The summed E-state index contributed by atoms with van der Waals surface area (Å²) < 4.78 is 5.38. The third-order valence-corrected chi connectivity index (χ3v) is 3.41. The Morgan fingerprint density at radius 2 is 2.00 bits per heavy atom. The number of aromatic nitrogens is 3. The molecule has 1 aromatic heterocycles. The molecule has 0 bridgehead atoms. The Morgan fingerprint density at radius 3 is 2.68 bits per heavy atom. The lowest BCUT2D eigenvalue weighted by Crippen LogP contribution is -2.37. The molecule has 0 aromatic carbocycles. The van der Waals surface area contributed by atoms with Crippen molar-refractivity contribution in [1.82, 2.24) is 15.0 Å². The molecule has 104 valence electrons. The highest BCUT2D eigenvalue weighted by atomic mass is 16.5. The van der Waals surface area contributed by atoms with Crippen LogP contribution in [-0.4, -0.2) is 47.8 Å². The molecule has 0 unspecified atom stereocenters. The Bertz CT molecular complexity index is 429. The molecule has 1 aromatic rings. The van der Waals surface area contributed by atoms with E-state index in [4.69, 9.17) is 4.74 Å². The second-order valence-electron chi connectivity index (χ2n) is 5.12. The molecule has 2 heterocycles. The molecule has 19 heavy (non-hydrogen) atoms. The van der Waals surface area contributed by atoms with Crippen molar-refractivity contribution in [3.8, 4) is 0 Å². The molecule has 1 aliphatic heterocycles. The van der Waals surface area contributed by atoms with Gasteiger partial charge in [-0.15, -0.1) is 0 Å². The van der Waals surface area contributed by atoms with Crippen molar-refractivity contribution < 1.29 is 4.74 Å². The molecule has 6 nitrogen and oxygen atoms in total. The van der Waals surface area contributed by atoms with Gasteiger partial charge in [0.25, 0.3) is 0 Å². The van der Waals surface area contributed by atoms with Gasteiger partial charge in [-0.3, -0.25) is 0 Å². The van der Waals surface area contributed by atoms with Crippen LogP contribution < -0.4 is 10.2 Å². The predicted octanol–water partition coefficient (Wildman–Crippen LogP) is 1.41. The number of morpholine rings is 1. The van der Waals surface area contributed by atoms with Gasteiger partial charge in [0.15, 0.2) is 0 Å². The van der Waals surface area contributed by atoms with E-state index >= 15 is 0 Å². The number of hydrogen-bond donors (Lipinski definition) is 1. The van der Waals surface area contributed by atoms with E-state index in [1.54, 1.807) is 0 Å². The molecular weight excluding hydrogens is 242 g/mol. The lowest BCUT2D eigenvalue weighted by molar-refractivity contribution is 0.122. The Labute approximate surface area is 113 Å². The molecule has 0 radical (unpaired) electrons. The summed E-state index contributed by atoms with van der Waals surface area (Å²) in [7, 11) is 0. The van der Waals surface area contributed by atoms with Gasteiger partial charge in [-0.05, 0) is 19.3 Å². The minimum atomic E-state index is 0.546. The van der Waals surface area contributed by atoms with E-state index in [-0.39, 0.29) is 0 Å². The van der Waals surface area contributed by atoms with Gasteiger partial charge in [0, 0.05) is 25.6 Å². The van der Waals surface area contributed by atoms with Crippen LogP contribution in [0.25, 0.3) is 0 Å². The maximum absolute atomic E-state index is 5.38. The fourth-order valence-corrected chi connectivity index (χ4v) is 2.13. The number of ether oxygens (including phenoxy) is 1. The largest absolute Gasteiger partial charge is 0.378 e. The molecule has 1 N–H and O–H groups in total. The molecule has 6 heteroatoms. The first-order valence-electron chi connectivity index (χ1n) is 7.19. The molecule has 1 aliphatic carbocycles. The Morgan fingerprint density at radius 1 is 1.21 bits per heavy atom. The topological polar surface area (TPSA) is 63.2 Å². The van der Waals surface area contributed by atoms with Crippen LogP contribution in [-0.2, 0) is 4.74 Å². The molecule has 0 spiro atoms. The van der Waals surface area contributed by atoms with E-state index in [9.17, 15) is 0 Å². The van der Waals surface area contributed by atoms with E-state index in [2.05, 4.69) is 32.1 Å². The maximum atomic E-state index is 5.38. The smallest absolute Gasteiger partial charge is 0.230 e. The van der Waals surface area contributed by atoms with Crippen LogP contribution in [0.1, 0.15) is 37.9 Å². The van der Waals surface area contributed by atoms with Crippen LogP contribution in [0.5, 0.6) is 0 Å². The summed E-state index contributed by atoms with van der Waals surface area (Å²) in [6.07, 6.45) is 3.48. The SMILES string of the molecule is CCCNc1nc(C2CC2)nc(N2CCOCC2)n1. The van der Waals surface area contributed by atoms with Gasteiger partial charge in [-0.25, -0.2) is 0 Å². The first-order valence-corrected chi connectivity index (χ1v) is 7.19. The van der Waals surface area contributed by atoms with E-state index in [0.717, 1.165) is 57.0 Å². The molecule has 1 saturated carbocycles. The molecule has 2 fully saturated rings. The molecule has 0 amide bonds. The number of anilines is 2. The average molecular weight is 263 g/mol. The first kappa shape index (κ1) is 12.6. The minimum absolute atomic E-state index is 0.546. The van der Waals surface area contributed by atoms with Gasteiger partial charge in [-0.1, -0.05) is 6.92 Å². The van der Waals surface area contributed by atoms with Crippen molar-refractivity contribution in [2.45, 2.75) is 32.1 Å². The Kier molecular flexibility index (Phi) is 3.77. The van der Waals surface area contributed by atoms with Crippen LogP contribution in [0.4, 0.5) is 11.9 Å². The molecule has 2 aliphatic rings. The van der Waals surface area contributed by atoms with E-state index in [1.165, 1.54) is 12.8 Å². The maximum Gasteiger partial charge on any atom is 0.230 e. The van der Waals surface area contributed by atoms with Crippen LogP contribution in [0.2, 0.25) is 0 Å². The summed E-state index contributed by atoms with van der Waals surface area (Å²) in [6.45, 7) is 6.27. The van der Waals surface area contributed by atoms with Crippen molar-refractivity contribution >= 4 is 11.9 Å². The number of hydrogen-bond acceptors (Lipinski definition) is 6. The fourth-order valence-electron chi connectivity index (χ4n) is 2.13. The average Bonchev–Trinajstić information content (AvgIpc) is 3.30. The normalized spacial score (nSPS) is 19.5. The Balaban J connectivity index is 1.81. The summed E-state index contributed by atoms with van der Waals surface area (Å²) in [5.41, 5.74) is 0. The van der Waals surface area contributed by atoms with Crippen molar-refractivity contribution in [1.29, 1.82) is 0 Å². The first-order chi connectivity index (χ1) is 9.36. The van der Waals surface area contributed by atoms with Gasteiger partial charge in [-0.2, -0.15) is 15.0 Å². The molecular formula is C13H21N5O. The van der Waals surface area contributed by atoms with Gasteiger partial charge < -0.3 is 15.0 Å². The standard InChI is InChI=1S/C13H21N5O/c1-2-5-14-12-15-11(10-3-4-10)16-13(17-12)18-6-8-19-9-7-18/h10H,2-9H2,1H3,(H,14,15,16,17). The van der Waals surface area contributed by atoms with E-state index in [0.29, 0.717) is 5.92 Å². The van der Waals surface area contributed by atoms with Gasteiger partial charge in [0.05, 0.1) is 13.2 Å². The quantitative estimate of drug-likeness (QED) is 0.866. The summed E-state index contributed by atoms with van der Waals surface area (Å²) in [6, 6.07) is 0. The third kappa shape index (κ3) is 3.12. The third-order valence-electron chi connectivity index (χ3n) is 3.41. The molecule has 0 atom stereocenters. The van der Waals surface area contributed by atoms with Crippen LogP contribution >= 0.6 is 0 Å². The minimum Gasteiger partial charge on any atom is -0.378 e. The number of rotatable bonds is 5. The van der Waals surface area contributed by atoms with Crippen molar-refractivity contribution in [2.24, 2.45) is 0 Å². The van der Waals surface area contributed by atoms with Crippen molar-refractivity contribution in [2.75, 3.05) is 43.1 Å². The zero-order valence-electron chi connectivity index (χ0n) is 11.4. The lowest BCUT2D eigenvalue weighted by Gasteiger charge is -2.27. The van der Waals surface area contributed by atoms with Crippen molar-refractivity contribution in [3.63, 3.8) is 0 Å². The highest BCUT2D eigenvalue weighted by molar-refractivity contribution is 5.38. The zero-order valence-corrected chi connectivity index (χ0v) is 11.4.